The van der Waals surface area contributed by atoms with Gasteiger partial charge in [0.05, 0.1) is 5.01 Å². The van der Waals surface area contributed by atoms with Crippen LogP contribution in [-0.4, -0.2) is 23.2 Å². The number of nitrogens with zero attached hydrogens (tertiary/aromatic N) is 1. The van der Waals surface area contributed by atoms with Crippen molar-refractivity contribution in [1.82, 2.24) is 10.3 Å². The zero-order chi connectivity index (χ0) is 18.8. The number of aryl methyl sites for hydroxylation is 3. The first-order valence-electron chi connectivity index (χ1n) is 9.38. The molecule has 1 amide bonds. The topological polar surface area (TPSA) is 59.1 Å². The summed E-state index contributed by atoms with van der Waals surface area (Å²) in [6.07, 6.45) is 5.53. The first kappa shape index (κ1) is 20.3. The third-order valence-electron chi connectivity index (χ3n) is 4.20. The number of aromatic nitrogens is 1. The SMILES string of the molecule is CCCc1ccc(C(=O)CCC(=O)NCCCCc2nc(C)cs2)cc1. The van der Waals surface area contributed by atoms with Crippen molar-refractivity contribution in [3.05, 3.63) is 51.5 Å². The molecule has 0 aliphatic rings. The van der Waals surface area contributed by atoms with E-state index in [4.69, 9.17) is 0 Å². The number of unbranched alkanes of at least 4 members (excludes halogenated alkanes) is 1. The Balaban J connectivity index is 1.59. The molecule has 0 fully saturated rings. The number of carbonyl (C=O) groups is 2. The summed E-state index contributed by atoms with van der Waals surface area (Å²) in [4.78, 5) is 28.5. The molecule has 0 saturated heterocycles. The maximum absolute atomic E-state index is 12.2. The van der Waals surface area contributed by atoms with Crippen molar-refractivity contribution in [2.75, 3.05) is 6.54 Å². The molecule has 5 heteroatoms. The number of ketones is 1. The molecule has 0 radical (unpaired) electrons. The minimum atomic E-state index is -0.0500. The van der Waals surface area contributed by atoms with E-state index in [0.29, 0.717) is 12.1 Å². The van der Waals surface area contributed by atoms with E-state index < -0.39 is 0 Å². The summed E-state index contributed by atoms with van der Waals surface area (Å²) in [7, 11) is 0. The van der Waals surface area contributed by atoms with Gasteiger partial charge in [0.2, 0.25) is 5.91 Å². The van der Waals surface area contributed by atoms with Crippen LogP contribution in [0.5, 0.6) is 0 Å². The highest BCUT2D eigenvalue weighted by Crippen LogP contribution is 2.12. The van der Waals surface area contributed by atoms with E-state index in [0.717, 1.165) is 42.8 Å². The summed E-state index contributed by atoms with van der Waals surface area (Å²) in [6.45, 7) is 4.79. The number of benzene rings is 1. The largest absolute Gasteiger partial charge is 0.356 e. The maximum atomic E-state index is 12.2. The van der Waals surface area contributed by atoms with Crippen LogP contribution in [-0.2, 0) is 17.6 Å². The van der Waals surface area contributed by atoms with Gasteiger partial charge >= 0.3 is 0 Å². The number of amides is 1. The molecular weight excluding hydrogens is 344 g/mol. The Bertz CT molecular complexity index is 707. The van der Waals surface area contributed by atoms with Gasteiger partial charge in [0.15, 0.2) is 5.78 Å². The molecule has 4 nitrogen and oxygen atoms in total. The highest BCUT2D eigenvalue weighted by Gasteiger charge is 2.09. The monoisotopic (exact) mass is 372 g/mol. The van der Waals surface area contributed by atoms with Crippen LogP contribution < -0.4 is 5.32 Å². The second-order valence-electron chi connectivity index (χ2n) is 6.56. The summed E-state index contributed by atoms with van der Waals surface area (Å²) in [5.74, 6) is -0.0200. The third-order valence-corrected chi connectivity index (χ3v) is 5.23. The lowest BCUT2D eigenvalue weighted by atomic mass is 10.0. The second kappa shape index (κ2) is 10.9. The maximum Gasteiger partial charge on any atom is 0.220 e. The Morgan fingerprint density at radius 2 is 1.85 bits per heavy atom. The summed E-state index contributed by atoms with van der Waals surface area (Å²) in [5.41, 5.74) is 3.01. The number of rotatable bonds is 11. The van der Waals surface area contributed by atoms with E-state index in [2.05, 4.69) is 22.6 Å². The van der Waals surface area contributed by atoms with Gasteiger partial charge < -0.3 is 5.32 Å². The van der Waals surface area contributed by atoms with E-state index in [9.17, 15) is 9.59 Å². The van der Waals surface area contributed by atoms with Crippen LogP contribution in [0.4, 0.5) is 0 Å². The normalized spacial score (nSPS) is 10.7. The average molecular weight is 373 g/mol. The van der Waals surface area contributed by atoms with Gasteiger partial charge in [-0.1, -0.05) is 37.6 Å². The van der Waals surface area contributed by atoms with E-state index in [1.165, 1.54) is 5.56 Å². The molecule has 2 aromatic rings. The lowest BCUT2D eigenvalue weighted by molar-refractivity contribution is -0.121. The van der Waals surface area contributed by atoms with Gasteiger partial charge in [0.1, 0.15) is 0 Å². The standard InChI is InChI=1S/C21H28N2O2S/c1-3-6-17-8-10-18(11-9-17)19(24)12-13-20(25)22-14-5-4-7-21-23-16(2)15-26-21/h8-11,15H,3-7,12-14H2,1-2H3,(H,22,25). The Morgan fingerprint density at radius 1 is 1.08 bits per heavy atom. The fourth-order valence-electron chi connectivity index (χ4n) is 2.75. The molecule has 1 aromatic heterocycles. The minimum Gasteiger partial charge on any atom is -0.356 e. The van der Waals surface area contributed by atoms with Gasteiger partial charge in [-0.25, -0.2) is 4.98 Å². The first-order valence-corrected chi connectivity index (χ1v) is 10.3. The fourth-order valence-corrected chi connectivity index (χ4v) is 3.57. The van der Waals surface area contributed by atoms with Crippen molar-refractivity contribution in [3.8, 4) is 0 Å². The van der Waals surface area contributed by atoms with Crippen molar-refractivity contribution in [3.63, 3.8) is 0 Å². The van der Waals surface area contributed by atoms with E-state index in [1.807, 2.05) is 31.2 Å². The van der Waals surface area contributed by atoms with Crippen molar-refractivity contribution >= 4 is 23.0 Å². The summed E-state index contributed by atoms with van der Waals surface area (Å²) >= 11 is 1.69. The molecule has 1 heterocycles. The molecule has 26 heavy (non-hydrogen) atoms. The third kappa shape index (κ3) is 7.08. The molecule has 0 aliphatic carbocycles. The molecule has 1 N–H and O–H groups in total. The quantitative estimate of drug-likeness (QED) is 0.466. The molecule has 0 aliphatic heterocycles. The smallest absolute Gasteiger partial charge is 0.220 e. The highest BCUT2D eigenvalue weighted by molar-refractivity contribution is 7.09. The Morgan fingerprint density at radius 3 is 2.50 bits per heavy atom. The van der Waals surface area contributed by atoms with Crippen LogP contribution in [0.1, 0.15) is 65.7 Å². The Labute approximate surface area is 160 Å². The van der Waals surface area contributed by atoms with Crippen LogP contribution >= 0.6 is 11.3 Å². The van der Waals surface area contributed by atoms with E-state index >= 15 is 0 Å². The predicted octanol–water partition coefficient (Wildman–Crippen LogP) is 4.51. The van der Waals surface area contributed by atoms with E-state index in [1.54, 1.807) is 11.3 Å². The minimum absolute atomic E-state index is 0.0299. The van der Waals surface area contributed by atoms with Crippen molar-refractivity contribution in [1.29, 1.82) is 0 Å². The molecule has 0 atom stereocenters. The summed E-state index contributed by atoms with van der Waals surface area (Å²) in [6, 6.07) is 7.73. The van der Waals surface area contributed by atoms with Crippen LogP contribution in [0.3, 0.4) is 0 Å². The number of nitrogens with one attached hydrogen (secondary N) is 1. The molecule has 0 saturated carbocycles. The number of thiazole rings is 1. The second-order valence-corrected chi connectivity index (χ2v) is 7.50. The zero-order valence-corrected chi connectivity index (χ0v) is 16.5. The summed E-state index contributed by atoms with van der Waals surface area (Å²) < 4.78 is 0. The van der Waals surface area contributed by atoms with Crippen LogP contribution in [0.25, 0.3) is 0 Å². The first-order chi connectivity index (χ1) is 12.6. The Hall–Kier alpha value is -2.01. The van der Waals surface area contributed by atoms with Crippen LogP contribution in [0.2, 0.25) is 0 Å². The zero-order valence-electron chi connectivity index (χ0n) is 15.7. The number of hydrogen-bond donors (Lipinski definition) is 1. The van der Waals surface area contributed by atoms with Crippen molar-refractivity contribution in [2.45, 2.75) is 58.8 Å². The average Bonchev–Trinajstić information content (AvgIpc) is 3.05. The van der Waals surface area contributed by atoms with Gasteiger partial charge in [-0.15, -0.1) is 11.3 Å². The molecule has 0 bridgehead atoms. The number of carbonyl (C=O) groups excluding carboxylic acids is 2. The van der Waals surface area contributed by atoms with Crippen molar-refractivity contribution < 1.29 is 9.59 Å². The number of hydrogen-bond acceptors (Lipinski definition) is 4. The van der Waals surface area contributed by atoms with Crippen LogP contribution in [0.15, 0.2) is 29.6 Å². The molecular formula is C21H28N2O2S. The van der Waals surface area contributed by atoms with Gasteiger partial charge in [-0.2, -0.15) is 0 Å². The number of Topliss-reactive ketones (excluding diaryl/α,β-unsaturated/α-hetero) is 1. The molecule has 1 aromatic carbocycles. The van der Waals surface area contributed by atoms with Crippen molar-refractivity contribution in [2.24, 2.45) is 0 Å². The molecule has 2 rings (SSSR count). The molecule has 140 valence electrons. The lowest BCUT2D eigenvalue weighted by Crippen LogP contribution is -2.24. The van der Waals surface area contributed by atoms with E-state index in [-0.39, 0.29) is 24.5 Å². The Kier molecular flexibility index (Phi) is 8.48. The fraction of sp³-hybridized carbons (Fsp3) is 0.476. The molecule has 0 spiro atoms. The van der Waals surface area contributed by atoms with Gasteiger partial charge in [0, 0.05) is 36.0 Å². The summed E-state index contributed by atoms with van der Waals surface area (Å²) in [5, 5.41) is 6.12. The van der Waals surface area contributed by atoms with Gasteiger partial charge in [-0.05, 0) is 38.2 Å². The van der Waals surface area contributed by atoms with Gasteiger partial charge in [-0.3, -0.25) is 9.59 Å². The predicted molar refractivity (Wildman–Crippen MR) is 107 cm³/mol. The van der Waals surface area contributed by atoms with Gasteiger partial charge in [0.25, 0.3) is 0 Å². The molecule has 0 unspecified atom stereocenters. The van der Waals surface area contributed by atoms with Crippen LogP contribution in [0, 0.1) is 6.92 Å². The lowest BCUT2D eigenvalue weighted by Gasteiger charge is -2.05. The highest BCUT2D eigenvalue weighted by atomic mass is 32.1.